The topological polar surface area (TPSA) is 55.8 Å². The lowest BCUT2D eigenvalue weighted by Gasteiger charge is -2.12. The normalized spacial score (nSPS) is 14.8. The molecule has 1 heterocycles. The van der Waals surface area contributed by atoms with Crippen LogP contribution in [0.15, 0.2) is 6.07 Å². The van der Waals surface area contributed by atoms with Crippen molar-refractivity contribution in [2.45, 2.75) is 27.2 Å². The Kier molecular flexibility index (Phi) is 2.96. The summed E-state index contributed by atoms with van der Waals surface area (Å²) in [6, 6.07) is 1.99. The molecule has 1 atom stereocenters. The number of rotatable bonds is 3. The molecule has 0 aromatic heterocycles. The number of ether oxygens (including phenoxy) is 2. The van der Waals surface area contributed by atoms with E-state index in [9.17, 15) is 4.79 Å². The molecular formula is C13H16O4. The van der Waals surface area contributed by atoms with Gasteiger partial charge in [-0.25, -0.2) is 0 Å². The Morgan fingerprint density at radius 2 is 2.06 bits per heavy atom. The highest BCUT2D eigenvalue weighted by molar-refractivity contribution is 5.70. The van der Waals surface area contributed by atoms with E-state index in [4.69, 9.17) is 14.6 Å². The minimum atomic E-state index is -0.795. The van der Waals surface area contributed by atoms with Crippen molar-refractivity contribution in [3.8, 4) is 11.5 Å². The average molecular weight is 236 g/mol. The second-order valence-corrected chi connectivity index (χ2v) is 4.49. The first-order valence-electron chi connectivity index (χ1n) is 5.62. The van der Waals surface area contributed by atoms with E-state index in [1.165, 1.54) is 0 Å². The van der Waals surface area contributed by atoms with Gasteiger partial charge >= 0.3 is 5.97 Å². The van der Waals surface area contributed by atoms with Crippen LogP contribution in [0.3, 0.4) is 0 Å². The molecule has 1 unspecified atom stereocenters. The van der Waals surface area contributed by atoms with Gasteiger partial charge in [0, 0.05) is 0 Å². The van der Waals surface area contributed by atoms with E-state index in [-0.39, 0.29) is 6.79 Å². The maximum Gasteiger partial charge on any atom is 0.306 e. The van der Waals surface area contributed by atoms with Gasteiger partial charge in [0.1, 0.15) is 0 Å². The van der Waals surface area contributed by atoms with Crippen molar-refractivity contribution in [3.05, 3.63) is 22.8 Å². The Morgan fingerprint density at radius 1 is 1.41 bits per heavy atom. The molecule has 1 N–H and O–H groups in total. The first-order valence-corrected chi connectivity index (χ1v) is 5.62. The van der Waals surface area contributed by atoms with Crippen LogP contribution in [0.1, 0.15) is 23.6 Å². The standard InChI is InChI=1S/C13H16O4/c1-7-4-10(5-8(2)13(14)15)12-11(9(7)3)16-6-17-12/h4,8H,5-6H2,1-3H3,(H,14,15). The van der Waals surface area contributed by atoms with Crippen LogP contribution in [0.25, 0.3) is 0 Å². The summed E-state index contributed by atoms with van der Waals surface area (Å²) in [7, 11) is 0. The number of carboxylic acids is 1. The summed E-state index contributed by atoms with van der Waals surface area (Å²) in [5.74, 6) is 0.250. The van der Waals surface area contributed by atoms with Crippen LogP contribution in [0.2, 0.25) is 0 Å². The predicted molar refractivity (Wildman–Crippen MR) is 62.5 cm³/mol. The molecule has 1 aromatic rings. The number of fused-ring (bicyclic) bond motifs is 1. The molecule has 0 saturated heterocycles. The fraction of sp³-hybridized carbons (Fsp3) is 0.462. The Morgan fingerprint density at radius 3 is 2.71 bits per heavy atom. The van der Waals surface area contributed by atoms with Crippen molar-refractivity contribution in [2.75, 3.05) is 6.79 Å². The number of carboxylic acid groups (broad SMARTS) is 1. The molecule has 17 heavy (non-hydrogen) atoms. The first-order chi connectivity index (χ1) is 8.00. The zero-order valence-electron chi connectivity index (χ0n) is 10.2. The quantitative estimate of drug-likeness (QED) is 0.874. The lowest BCUT2D eigenvalue weighted by Crippen LogP contribution is -2.12. The average Bonchev–Trinajstić information content (AvgIpc) is 2.74. The van der Waals surface area contributed by atoms with Gasteiger partial charge in [-0.1, -0.05) is 13.0 Å². The Balaban J connectivity index is 2.38. The van der Waals surface area contributed by atoms with Crippen molar-refractivity contribution >= 4 is 5.97 Å². The summed E-state index contributed by atoms with van der Waals surface area (Å²) in [4.78, 5) is 10.9. The van der Waals surface area contributed by atoms with Gasteiger partial charge in [0.05, 0.1) is 5.92 Å². The summed E-state index contributed by atoms with van der Waals surface area (Å²) in [5.41, 5.74) is 3.07. The Bertz CT molecular complexity index is 465. The van der Waals surface area contributed by atoms with Crippen LogP contribution < -0.4 is 9.47 Å². The minimum absolute atomic E-state index is 0.216. The highest BCUT2D eigenvalue weighted by Crippen LogP contribution is 2.41. The predicted octanol–water partition coefficient (Wildman–Crippen LogP) is 2.30. The third-order valence-electron chi connectivity index (χ3n) is 3.17. The Labute approximate surface area is 100 Å². The van der Waals surface area contributed by atoms with E-state index in [1.54, 1.807) is 6.92 Å². The van der Waals surface area contributed by atoms with Gasteiger partial charge in [-0.2, -0.15) is 0 Å². The molecule has 0 amide bonds. The zero-order valence-corrected chi connectivity index (χ0v) is 10.2. The number of carbonyl (C=O) groups is 1. The van der Waals surface area contributed by atoms with E-state index < -0.39 is 11.9 Å². The third-order valence-corrected chi connectivity index (χ3v) is 3.17. The number of hydrogen-bond donors (Lipinski definition) is 1. The summed E-state index contributed by atoms with van der Waals surface area (Å²) in [5, 5.41) is 8.94. The smallest absolute Gasteiger partial charge is 0.306 e. The van der Waals surface area contributed by atoms with Gasteiger partial charge in [0.15, 0.2) is 11.5 Å². The number of aliphatic carboxylic acids is 1. The molecule has 0 aliphatic carbocycles. The molecule has 0 fully saturated rings. The molecular weight excluding hydrogens is 220 g/mol. The number of benzene rings is 1. The molecule has 0 radical (unpaired) electrons. The lowest BCUT2D eigenvalue weighted by molar-refractivity contribution is -0.141. The number of hydrogen-bond acceptors (Lipinski definition) is 3. The largest absolute Gasteiger partial charge is 0.481 e. The van der Waals surface area contributed by atoms with E-state index in [0.29, 0.717) is 12.2 Å². The monoisotopic (exact) mass is 236 g/mol. The van der Waals surface area contributed by atoms with Crippen LogP contribution in [0.5, 0.6) is 11.5 Å². The molecule has 92 valence electrons. The van der Waals surface area contributed by atoms with Crippen LogP contribution in [-0.4, -0.2) is 17.9 Å². The van der Waals surface area contributed by atoms with Gasteiger partial charge in [0.25, 0.3) is 0 Å². The van der Waals surface area contributed by atoms with Gasteiger partial charge in [0.2, 0.25) is 6.79 Å². The molecule has 0 bridgehead atoms. The SMILES string of the molecule is Cc1cc(CC(C)C(=O)O)c2c(c1C)OCO2. The van der Waals surface area contributed by atoms with Gasteiger partial charge in [-0.3, -0.25) is 4.79 Å². The number of aryl methyl sites for hydroxylation is 1. The van der Waals surface area contributed by atoms with Crippen molar-refractivity contribution in [2.24, 2.45) is 5.92 Å². The molecule has 4 heteroatoms. The van der Waals surface area contributed by atoms with Crippen molar-refractivity contribution in [1.29, 1.82) is 0 Å². The van der Waals surface area contributed by atoms with Crippen molar-refractivity contribution in [3.63, 3.8) is 0 Å². The molecule has 0 saturated carbocycles. The maximum absolute atomic E-state index is 10.9. The first kappa shape index (κ1) is 11.8. The lowest BCUT2D eigenvalue weighted by atomic mass is 9.96. The molecule has 1 aliphatic rings. The minimum Gasteiger partial charge on any atom is -0.481 e. The maximum atomic E-state index is 10.9. The zero-order chi connectivity index (χ0) is 12.6. The second kappa shape index (κ2) is 4.28. The summed E-state index contributed by atoms with van der Waals surface area (Å²) in [6.45, 7) is 5.88. The van der Waals surface area contributed by atoms with E-state index in [0.717, 1.165) is 22.4 Å². The highest BCUT2D eigenvalue weighted by Gasteiger charge is 2.24. The summed E-state index contributed by atoms with van der Waals surface area (Å²) < 4.78 is 10.9. The molecule has 4 nitrogen and oxygen atoms in total. The Hall–Kier alpha value is -1.71. The molecule has 0 spiro atoms. The highest BCUT2D eigenvalue weighted by atomic mass is 16.7. The van der Waals surface area contributed by atoms with Crippen LogP contribution >= 0.6 is 0 Å². The fourth-order valence-electron chi connectivity index (χ4n) is 1.98. The van der Waals surface area contributed by atoms with Gasteiger partial charge in [-0.05, 0) is 37.0 Å². The van der Waals surface area contributed by atoms with Crippen molar-refractivity contribution < 1.29 is 19.4 Å². The van der Waals surface area contributed by atoms with E-state index in [2.05, 4.69) is 0 Å². The van der Waals surface area contributed by atoms with E-state index >= 15 is 0 Å². The summed E-state index contributed by atoms with van der Waals surface area (Å²) >= 11 is 0. The second-order valence-electron chi connectivity index (χ2n) is 4.49. The van der Waals surface area contributed by atoms with Crippen LogP contribution in [0, 0.1) is 19.8 Å². The summed E-state index contributed by atoms with van der Waals surface area (Å²) in [6.07, 6.45) is 0.460. The van der Waals surface area contributed by atoms with Crippen LogP contribution in [-0.2, 0) is 11.2 Å². The molecule has 2 rings (SSSR count). The third kappa shape index (κ3) is 2.07. The fourth-order valence-corrected chi connectivity index (χ4v) is 1.98. The van der Waals surface area contributed by atoms with E-state index in [1.807, 2.05) is 19.9 Å². The van der Waals surface area contributed by atoms with Crippen molar-refractivity contribution in [1.82, 2.24) is 0 Å². The van der Waals surface area contributed by atoms with Gasteiger partial charge < -0.3 is 14.6 Å². The molecule has 1 aliphatic heterocycles. The van der Waals surface area contributed by atoms with Crippen LogP contribution in [0.4, 0.5) is 0 Å². The van der Waals surface area contributed by atoms with Gasteiger partial charge in [-0.15, -0.1) is 0 Å². The molecule has 1 aromatic carbocycles.